The number of benzene rings is 1. The zero-order valence-electron chi connectivity index (χ0n) is 17.0. The number of halogens is 3. The molecule has 1 amide bonds. The third-order valence-corrected chi connectivity index (χ3v) is 5.76. The second-order valence-electron chi connectivity index (χ2n) is 7.56. The van der Waals surface area contributed by atoms with Crippen LogP contribution in [0.3, 0.4) is 0 Å². The molecule has 3 heterocycles. The zero-order valence-corrected chi connectivity index (χ0v) is 17.7. The number of carbonyl (C=O) groups is 1. The number of rotatable bonds is 4. The van der Waals surface area contributed by atoms with Gasteiger partial charge in [0.15, 0.2) is 5.67 Å². The number of nitrogens with two attached hydrogens (primary N) is 1. The Labute approximate surface area is 192 Å². The molecule has 9 heteroatoms. The van der Waals surface area contributed by atoms with Crippen LogP contribution in [0.2, 0.25) is 5.28 Å². The number of hydrogen-bond acceptors (Lipinski definition) is 4. The van der Waals surface area contributed by atoms with Gasteiger partial charge >= 0.3 is 0 Å². The minimum Gasteiger partial charge on any atom is -0.369 e. The molecule has 4 aromatic rings. The lowest BCUT2D eigenvalue weighted by molar-refractivity contribution is -0.125. The van der Waals surface area contributed by atoms with Gasteiger partial charge in [0.05, 0.1) is 16.8 Å². The van der Waals surface area contributed by atoms with Gasteiger partial charge in [-0.2, -0.15) is 5.10 Å². The summed E-state index contributed by atoms with van der Waals surface area (Å²) in [5.41, 5.74) is 5.99. The summed E-state index contributed by atoms with van der Waals surface area (Å²) in [6.45, 7) is 0. The summed E-state index contributed by atoms with van der Waals surface area (Å²) in [6.07, 6.45) is 6.72. The van der Waals surface area contributed by atoms with E-state index in [0.29, 0.717) is 22.5 Å². The summed E-state index contributed by atoms with van der Waals surface area (Å²) < 4.78 is 32.2. The van der Waals surface area contributed by atoms with Crippen LogP contribution in [-0.2, 0) is 10.5 Å². The molecule has 2 unspecified atom stereocenters. The Balaban J connectivity index is 1.71. The molecule has 1 aliphatic carbocycles. The maximum absolute atomic E-state index is 16.1. The number of hydrogen-bond donors (Lipinski definition) is 1. The number of carbonyl (C=O) groups excluding carboxylic acids is 1. The highest BCUT2D eigenvalue weighted by molar-refractivity contribution is 6.28. The standard InChI is InChI=1S/C24H16ClF2N5O/c25-23-29-11-9-17(30-23)19-18-8-1-2-12-32(18)31-21(19)14-5-3-6-15(13-14)24(27)10-4-7-16(26)20(24)22(28)33/h1-13,20H,(H2,28,33). The third-order valence-electron chi connectivity index (χ3n) is 5.58. The summed E-state index contributed by atoms with van der Waals surface area (Å²) in [6, 6.07) is 13.6. The number of amides is 1. The van der Waals surface area contributed by atoms with Crippen LogP contribution in [-0.4, -0.2) is 25.5 Å². The molecule has 0 saturated carbocycles. The van der Waals surface area contributed by atoms with Gasteiger partial charge in [0.25, 0.3) is 0 Å². The van der Waals surface area contributed by atoms with E-state index < -0.39 is 23.3 Å². The fourth-order valence-corrected chi connectivity index (χ4v) is 4.26. The van der Waals surface area contributed by atoms with E-state index in [0.717, 1.165) is 17.7 Å². The van der Waals surface area contributed by atoms with Crippen LogP contribution in [0.1, 0.15) is 5.56 Å². The SMILES string of the molecule is NC(=O)C1C(F)=CC=CC1(F)c1cccc(-c2nn3ccccc3c2-c2ccnc(Cl)n2)c1. The maximum atomic E-state index is 16.1. The number of aromatic nitrogens is 4. The Morgan fingerprint density at radius 3 is 2.82 bits per heavy atom. The first-order valence-electron chi connectivity index (χ1n) is 9.99. The highest BCUT2D eigenvalue weighted by Crippen LogP contribution is 2.44. The normalized spacial score (nSPS) is 20.1. The Morgan fingerprint density at radius 1 is 1.18 bits per heavy atom. The van der Waals surface area contributed by atoms with E-state index in [9.17, 15) is 9.18 Å². The van der Waals surface area contributed by atoms with E-state index in [4.69, 9.17) is 17.3 Å². The fourth-order valence-electron chi connectivity index (χ4n) is 4.11. The van der Waals surface area contributed by atoms with Crippen LogP contribution in [0.5, 0.6) is 0 Å². The topological polar surface area (TPSA) is 86.2 Å². The monoisotopic (exact) mass is 463 g/mol. The molecule has 0 saturated heterocycles. The van der Waals surface area contributed by atoms with E-state index in [2.05, 4.69) is 15.1 Å². The molecule has 1 aromatic carbocycles. The molecule has 0 radical (unpaired) electrons. The molecule has 1 aliphatic rings. The molecule has 2 atom stereocenters. The average Bonchev–Trinajstić information content (AvgIpc) is 3.18. The van der Waals surface area contributed by atoms with Gasteiger partial charge in [0.1, 0.15) is 17.4 Å². The highest BCUT2D eigenvalue weighted by atomic mass is 35.5. The van der Waals surface area contributed by atoms with Crippen molar-refractivity contribution < 1.29 is 13.6 Å². The maximum Gasteiger partial charge on any atom is 0.231 e. The van der Waals surface area contributed by atoms with Crippen LogP contribution in [0.15, 0.2) is 85.0 Å². The smallest absolute Gasteiger partial charge is 0.231 e. The largest absolute Gasteiger partial charge is 0.369 e. The Kier molecular flexibility index (Phi) is 5.02. The average molecular weight is 464 g/mol. The minimum atomic E-state index is -2.45. The molecule has 0 bridgehead atoms. The number of alkyl halides is 1. The third kappa shape index (κ3) is 3.48. The van der Waals surface area contributed by atoms with Crippen molar-refractivity contribution >= 4 is 23.0 Å². The van der Waals surface area contributed by atoms with E-state index >= 15 is 4.39 Å². The van der Waals surface area contributed by atoms with Crippen molar-refractivity contribution in [2.45, 2.75) is 5.67 Å². The first-order chi connectivity index (χ1) is 15.9. The minimum absolute atomic E-state index is 0.0732. The lowest BCUT2D eigenvalue weighted by Gasteiger charge is -2.31. The van der Waals surface area contributed by atoms with Gasteiger partial charge in [0, 0.05) is 18.0 Å². The van der Waals surface area contributed by atoms with Crippen molar-refractivity contribution in [3.63, 3.8) is 0 Å². The van der Waals surface area contributed by atoms with Gasteiger partial charge in [-0.25, -0.2) is 23.3 Å². The van der Waals surface area contributed by atoms with Gasteiger partial charge in [-0.15, -0.1) is 0 Å². The van der Waals surface area contributed by atoms with Crippen molar-refractivity contribution in [3.8, 4) is 22.5 Å². The summed E-state index contributed by atoms with van der Waals surface area (Å²) in [7, 11) is 0. The van der Waals surface area contributed by atoms with Gasteiger partial charge in [-0.05, 0) is 53.6 Å². The highest BCUT2D eigenvalue weighted by Gasteiger charge is 2.46. The van der Waals surface area contributed by atoms with E-state index in [1.807, 2.05) is 18.2 Å². The zero-order chi connectivity index (χ0) is 23.2. The van der Waals surface area contributed by atoms with Gasteiger partial charge in [-0.1, -0.05) is 30.3 Å². The summed E-state index contributed by atoms with van der Waals surface area (Å²) >= 11 is 6.02. The molecule has 6 nitrogen and oxygen atoms in total. The number of primary amides is 1. The van der Waals surface area contributed by atoms with Gasteiger partial charge < -0.3 is 5.73 Å². The second-order valence-corrected chi connectivity index (χ2v) is 7.90. The first kappa shape index (κ1) is 21.0. The number of fused-ring (bicyclic) bond motifs is 1. The fraction of sp³-hybridized carbons (Fsp3) is 0.0833. The molecule has 5 rings (SSSR count). The summed E-state index contributed by atoms with van der Waals surface area (Å²) in [4.78, 5) is 20.2. The van der Waals surface area contributed by atoms with E-state index in [1.165, 1.54) is 24.4 Å². The second kappa shape index (κ2) is 7.90. The molecule has 0 fully saturated rings. The quantitative estimate of drug-likeness (QED) is 0.440. The van der Waals surface area contributed by atoms with Crippen LogP contribution in [0, 0.1) is 5.92 Å². The first-order valence-corrected chi connectivity index (χ1v) is 10.4. The molecule has 2 N–H and O–H groups in total. The molecular formula is C24H16ClF2N5O. The molecule has 0 spiro atoms. The number of nitrogens with zero attached hydrogens (tertiary/aromatic N) is 4. The van der Waals surface area contributed by atoms with Crippen molar-refractivity contribution in [2.75, 3.05) is 0 Å². The molecule has 0 aliphatic heterocycles. The van der Waals surface area contributed by atoms with Crippen molar-refractivity contribution in [2.24, 2.45) is 11.7 Å². The molecule has 164 valence electrons. The van der Waals surface area contributed by atoms with Crippen molar-refractivity contribution in [1.29, 1.82) is 0 Å². The number of pyridine rings is 1. The van der Waals surface area contributed by atoms with Gasteiger partial charge in [-0.3, -0.25) is 4.79 Å². The van der Waals surface area contributed by atoms with Crippen molar-refractivity contribution in [3.05, 3.63) is 95.8 Å². The Hall–Kier alpha value is -3.91. The summed E-state index contributed by atoms with van der Waals surface area (Å²) in [5.74, 6) is -3.79. The van der Waals surface area contributed by atoms with Gasteiger partial charge in [0.2, 0.25) is 11.2 Å². The Morgan fingerprint density at radius 2 is 2.03 bits per heavy atom. The van der Waals surface area contributed by atoms with E-state index in [1.54, 1.807) is 28.9 Å². The molecule has 3 aromatic heterocycles. The predicted octanol–water partition coefficient (Wildman–Crippen LogP) is 4.80. The predicted molar refractivity (Wildman–Crippen MR) is 120 cm³/mol. The van der Waals surface area contributed by atoms with Crippen LogP contribution in [0.25, 0.3) is 28.0 Å². The van der Waals surface area contributed by atoms with Crippen molar-refractivity contribution in [1.82, 2.24) is 19.6 Å². The molecule has 33 heavy (non-hydrogen) atoms. The van der Waals surface area contributed by atoms with Crippen LogP contribution >= 0.6 is 11.6 Å². The van der Waals surface area contributed by atoms with Crippen LogP contribution in [0.4, 0.5) is 8.78 Å². The lowest BCUT2D eigenvalue weighted by Crippen LogP contribution is -2.40. The van der Waals surface area contributed by atoms with E-state index in [-0.39, 0.29) is 10.8 Å². The number of allylic oxidation sites excluding steroid dienone is 3. The lowest BCUT2D eigenvalue weighted by atomic mass is 9.78. The van der Waals surface area contributed by atoms with Crippen LogP contribution < -0.4 is 5.73 Å². The molecular weight excluding hydrogens is 448 g/mol. The Bertz CT molecular complexity index is 1460. The summed E-state index contributed by atoms with van der Waals surface area (Å²) in [5, 5.41) is 4.74.